The third-order valence-corrected chi connectivity index (χ3v) is 1.08. The number of alkyl halides is 1. The fourth-order valence-corrected chi connectivity index (χ4v) is 0.421. The van der Waals surface area contributed by atoms with Gasteiger partial charge in [-0.15, -0.1) is 18.2 Å². The maximum Gasteiger partial charge on any atom is 0.0908 e. The van der Waals surface area contributed by atoms with Crippen LogP contribution in [0.15, 0.2) is 12.7 Å². The van der Waals surface area contributed by atoms with Gasteiger partial charge in [0.2, 0.25) is 0 Å². The summed E-state index contributed by atoms with van der Waals surface area (Å²) in [5.41, 5.74) is 0. The minimum atomic E-state index is -0.549. The smallest absolute Gasteiger partial charge is 0.0908 e. The van der Waals surface area contributed by atoms with Crippen molar-refractivity contribution in [2.75, 3.05) is 19.1 Å². The van der Waals surface area contributed by atoms with E-state index in [2.05, 4.69) is 6.58 Å². The summed E-state index contributed by atoms with van der Waals surface area (Å²) in [6.07, 6.45) is 1.08. The van der Waals surface area contributed by atoms with Crippen LogP contribution in [0, 0.1) is 0 Å². The van der Waals surface area contributed by atoms with Crippen molar-refractivity contribution in [2.24, 2.45) is 0 Å². The van der Waals surface area contributed by atoms with Gasteiger partial charge in [0.1, 0.15) is 0 Å². The molecular weight excluding hydrogens is 140 g/mol. The van der Waals surface area contributed by atoms with Crippen LogP contribution in [0.1, 0.15) is 0 Å². The molecule has 1 N–H and O–H groups in total. The predicted octanol–water partition coefficient (Wildman–Crippen LogP) is 0.789. The van der Waals surface area contributed by atoms with Crippen LogP contribution in [0.3, 0.4) is 0 Å². The summed E-state index contributed by atoms with van der Waals surface area (Å²) in [7, 11) is 0. The molecule has 0 saturated carbocycles. The molecule has 0 rings (SSSR count). The normalized spacial score (nSPS) is 13.1. The molecule has 0 fully saturated rings. The first-order valence-corrected chi connectivity index (χ1v) is 3.27. The maximum absolute atomic E-state index is 8.79. The first kappa shape index (κ1) is 8.95. The molecule has 0 aliphatic heterocycles. The second-order valence-electron chi connectivity index (χ2n) is 1.63. The third-order valence-electron chi connectivity index (χ3n) is 0.724. The van der Waals surface area contributed by atoms with Crippen LogP contribution in [0.4, 0.5) is 0 Å². The monoisotopic (exact) mass is 150 g/mol. The zero-order valence-electron chi connectivity index (χ0n) is 5.22. The van der Waals surface area contributed by atoms with Crippen molar-refractivity contribution < 1.29 is 9.84 Å². The average Bonchev–Trinajstić information content (AvgIpc) is 1.89. The third kappa shape index (κ3) is 5.83. The fraction of sp³-hybridized carbons (Fsp3) is 0.667. The van der Waals surface area contributed by atoms with E-state index in [4.69, 9.17) is 21.4 Å². The van der Waals surface area contributed by atoms with E-state index in [1.165, 1.54) is 0 Å². The number of aliphatic hydroxyl groups is 1. The van der Waals surface area contributed by atoms with Gasteiger partial charge < -0.3 is 9.84 Å². The van der Waals surface area contributed by atoms with Crippen molar-refractivity contribution in [2.45, 2.75) is 6.10 Å². The van der Waals surface area contributed by atoms with Gasteiger partial charge in [-0.1, -0.05) is 6.08 Å². The van der Waals surface area contributed by atoms with Gasteiger partial charge in [-0.3, -0.25) is 0 Å². The summed E-state index contributed by atoms with van der Waals surface area (Å²) in [5.74, 6) is 0.219. The Kier molecular flexibility index (Phi) is 6.04. The van der Waals surface area contributed by atoms with E-state index in [1.54, 1.807) is 6.08 Å². The topological polar surface area (TPSA) is 29.5 Å². The highest BCUT2D eigenvalue weighted by atomic mass is 35.5. The standard InChI is InChI=1S/C6H11ClO2/c1-2-3-9-5-6(8)4-7/h2,6,8H,1,3-5H2/t6-/m1/s1. The Morgan fingerprint density at radius 2 is 2.44 bits per heavy atom. The molecule has 0 aliphatic carbocycles. The lowest BCUT2D eigenvalue weighted by molar-refractivity contribution is 0.0618. The molecule has 0 amide bonds. The van der Waals surface area contributed by atoms with E-state index < -0.39 is 6.10 Å². The average molecular weight is 151 g/mol. The van der Waals surface area contributed by atoms with E-state index in [1.807, 2.05) is 0 Å². The van der Waals surface area contributed by atoms with Gasteiger partial charge in [-0.2, -0.15) is 0 Å². The highest BCUT2D eigenvalue weighted by molar-refractivity contribution is 6.18. The summed E-state index contributed by atoms with van der Waals surface area (Å²) in [4.78, 5) is 0. The van der Waals surface area contributed by atoms with Gasteiger partial charge in [0.25, 0.3) is 0 Å². The summed E-state index contributed by atoms with van der Waals surface area (Å²) in [6.45, 7) is 4.20. The second kappa shape index (κ2) is 6.08. The van der Waals surface area contributed by atoms with Crippen molar-refractivity contribution in [1.82, 2.24) is 0 Å². The Morgan fingerprint density at radius 1 is 1.78 bits per heavy atom. The van der Waals surface area contributed by atoms with Crippen LogP contribution in [0.5, 0.6) is 0 Å². The highest BCUT2D eigenvalue weighted by Gasteiger charge is 1.98. The fourth-order valence-electron chi connectivity index (χ4n) is 0.332. The molecule has 1 atom stereocenters. The van der Waals surface area contributed by atoms with Crippen LogP contribution in [-0.2, 0) is 4.74 Å². The number of halogens is 1. The number of rotatable bonds is 5. The highest BCUT2D eigenvalue weighted by Crippen LogP contribution is 1.88. The molecule has 0 aromatic carbocycles. The van der Waals surface area contributed by atoms with Crippen LogP contribution in [-0.4, -0.2) is 30.3 Å². The molecule has 2 nitrogen and oxygen atoms in total. The quantitative estimate of drug-likeness (QED) is 0.357. The van der Waals surface area contributed by atoms with Gasteiger partial charge in [0.15, 0.2) is 0 Å². The molecule has 0 bridgehead atoms. The van der Waals surface area contributed by atoms with Gasteiger partial charge in [-0.25, -0.2) is 0 Å². The molecular formula is C6H11ClO2. The minimum absolute atomic E-state index is 0.219. The van der Waals surface area contributed by atoms with Crippen molar-refractivity contribution in [1.29, 1.82) is 0 Å². The molecule has 0 aromatic heterocycles. The Hall–Kier alpha value is -0.0500. The first-order chi connectivity index (χ1) is 4.31. The lowest BCUT2D eigenvalue weighted by Crippen LogP contribution is -2.16. The summed E-state index contributed by atoms with van der Waals surface area (Å²) >= 11 is 5.28. The lowest BCUT2D eigenvalue weighted by Gasteiger charge is -2.04. The molecule has 9 heavy (non-hydrogen) atoms. The van der Waals surface area contributed by atoms with E-state index in [9.17, 15) is 0 Å². The summed E-state index contributed by atoms with van der Waals surface area (Å²) in [5, 5.41) is 8.79. The Morgan fingerprint density at radius 3 is 2.89 bits per heavy atom. The van der Waals surface area contributed by atoms with E-state index in [0.717, 1.165) is 0 Å². The molecule has 0 radical (unpaired) electrons. The number of hydrogen-bond acceptors (Lipinski definition) is 2. The number of hydrogen-bond donors (Lipinski definition) is 1. The van der Waals surface area contributed by atoms with Crippen molar-refractivity contribution in [3.05, 3.63) is 12.7 Å². The number of ether oxygens (including phenoxy) is 1. The second-order valence-corrected chi connectivity index (χ2v) is 1.94. The van der Waals surface area contributed by atoms with Gasteiger partial charge in [0, 0.05) is 0 Å². The summed E-state index contributed by atoms with van der Waals surface area (Å²) < 4.78 is 4.88. The maximum atomic E-state index is 8.79. The molecule has 3 heteroatoms. The van der Waals surface area contributed by atoms with Crippen LogP contribution in [0.25, 0.3) is 0 Å². The Bertz CT molecular complexity index is 75.5. The first-order valence-electron chi connectivity index (χ1n) is 2.74. The molecule has 0 aliphatic rings. The van der Waals surface area contributed by atoms with Gasteiger partial charge in [-0.05, 0) is 0 Å². The van der Waals surface area contributed by atoms with Crippen molar-refractivity contribution in [3.8, 4) is 0 Å². The Labute approximate surface area is 60.1 Å². The largest absolute Gasteiger partial charge is 0.389 e. The van der Waals surface area contributed by atoms with Crippen LogP contribution < -0.4 is 0 Å². The van der Waals surface area contributed by atoms with Crippen molar-refractivity contribution >= 4 is 11.6 Å². The van der Waals surface area contributed by atoms with Crippen molar-refractivity contribution in [3.63, 3.8) is 0 Å². The Balaban J connectivity index is 2.96. The van der Waals surface area contributed by atoms with Crippen LogP contribution in [0.2, 0.25) is 0 Å². The SMILES string of the molecule is C=CCOC[C@H](O)CCl. The molecule has 0 unspecified atom stereocenters. The van der Waals surface area contributed by atoms with E-state index in [-0.39, 0.29) is 12.5 Å². The molecule has 54 valence electrons. The van der Waals surface area contributed by atoms with Gasteiger partial charge >= 0.3 is 0 Å². The predicted molar refractivity (Wildman–Crippen MR) is 37.7 cm³/mol. The molecule has 0 aromatic rings. The molecule has 0 heterocycles. The molecule has 0 saturated heterocycles. The summed E-state index contributed by atoms with van der Waals surface area (Å²) in [6, 6.07) is 0. The van der Waals surface area contributed by atoms with Gasteiger partial charge in [0.05, 0.1) is 25.2 Å². The zero-order chi connectivity index (χ0) is 7.11. The molecule has 0 spiro atoms. The van der Waals surface area contributed by atoms with E-state index >= 15 is 0 Å². The van der Waals surface area contributed by atoms with E-state index in [0.29, 0.717) is 6.61 Å². The zero-order valence-corrected chi connectivity index (χ0v) is 5.97. The minimum Gasteiger partial charge on any atom is -0.389 e. The number of aliphatic hydroxyl groups excluding tert-OH is 1. The van der Waals surface area contributed by atoms with Crippen LogP contribution >= 0.6 is 11.6 Å². The lowest BCUT2D eigenvalue weighted by atomic mass is 10.4.